The molecule has 0 radical (unpaired) electrons. The molecule has 184 valence electrons. The quantitative estimate of drug-likeness (QED) is 0.377. The molecular weight excluding hydrogens is 466 g/mol. The Bertz CT molecular complexity index is 1180. The van der Waals surface area contributed by atoms with Crippen LogP contribution in [0.25, 0.3) is 11.1 Å². The highest BCUT2D eigenvalue weighted by Gasteiger charge is 2.37. The van der Waals surface area contributed by atoms with Gasteiger partial charge in [0.25, 0.3) is 0 Å². The Hall–Kier alpha value is -3.88. The number of rotatable bonds is 8. The third-order valence-electron chi connectivity index (χ3n) is 5.39. The van der Waals surface area contributed by atoms with Gasteiger partial charge in [-0.2, -0.15) is 13.2 Å². The Labute approximate surface area is 199 Å². The van der Waals surface area contributed by atoms with E-state index in [1.807, 2.05) is 6.07 Å². The van der Waals surface area contributed by atoms with Crippen molar-refractivity contribution in [3.8, 4) is 11.1 Å². The van der Waals surface area contributed by atoms with Gasteiger partial charge >= 0.3 is 18.2 Å². The van der Waals surface area contributed by atoms with Gasteiger partial charge in [0, 0.05) is 24.2 Å². The molecule has 0 saturated carbocycles. The van der Waals surface area contributed by atoms with Crippen LogP contribution in [0.15, 0.2) is 66.7 Å². The lowest BCUT2D eigenvalue weighted by Crippen LogP contribution is -2.31. The number of aliphatic carboxylic acids is 1. The normalized spacial score (nSPS) is 11.2. The van der Waals surface area contributed by atoms with Gasteiger partial charge in [-0.15, -0.1) is 0 Å². The minimum atomic E-state index is -5.01. The molecule has 3 aromatic carbocycles. The van der Waals surface area contributed by atoms with Gasteiger partial charge < -0.3 is 14.7 Å². The standard InChI is InChI=1S/C26H23F4NO4/c1-2-31(15-17-9-5-3-6-10-17)25(34)35-16-20-19(13-23(32)33)21(26(28,29)30)14-22(27)24(20)18-11-7-4-8-12-18/h3-12,14H,2,13,15-16H2,1H3,(H,32,33). The van der Waals surface area contributed by atoms with Gasteiger partial charge in [-0.05, 0) is 29.7 Å². The van der Waals surface area contributed by atoms with Crippen LogP contribution in [0, 0.1) is 5.82 Å². The summed E-state index contributed by atoms with van der Waals surface area (Å²) in [5, 5.41) is 9.30. The van der Waals surface area contributed by atoms with Crippen molar-refractivity contribution in [1.82, 2.24) is 4.90 Å². The first-order valence-electron chi connectivity index (χ1n) is 10.8. The largest absolute Gasteiger partial charge is 0.481 e. The van der Waals surface area contributed by atoms with Crippen molar-refractivity contribution >= 4 is 12.1 Å². The first kappa shape index (κ1) is 25.7. The second kappa shape index (κ2) is 11.0. The second-order valence-corrected chi connectivity index (χ2v) is 7.73. The summed E-state index contributed by atoms with van der Waals surface area (Å²) in [5.41, 5.74) is -1.60. The lowest BCUT2D eigenvalue weighted by atomic mass is 9.89. The zero-order valence-electron chi connectivity index (χ0n) is 18.8. The van der Waals surface area contributed by atoms with Crippen LogP contribution >= 0.6 is 0 Å². The van der Waals surface area contributed by atoms with Crippen LogP contribution in [0.4, 0.5) is 22.4 Å². The van der Waals surface area contributed by atoms with E-state index in [2.05, 4.69) is 0 Å². The molecule has 0 aliphatic heterocycles. The minimum absolute atomic E-state index is 0.195. The molecule has 0 aliphatic carbocycles. The summed E-state index contributed by atoms with van der Waals surface area (Å²) < 4.78 is 61.6. The van der Waals surface area contributed by atoms with Crippen LogP contribution in [0.3, 0.4) is 0 Å². The molecule has 0 unspecified atom stereocenters. The number of carbonyl (C=O) groups excluding carboxylic acids is 1. The van der Waals surface area contributed by atoms with Crippen LogP contribution in [0.5, 0.6) is 0 Å². The van der Waals surface area contributed by atoms with Crippen LogP contribution in [-0.2, 0) is 35.3 Å². The molecule has 0 atom stereocenters. The number of carbonyl (C=O) groups is 2. The number of nitrogens with zero attached hydrogens (tertiary/aromatic N) is 1. The SMILES string of the molecule is CCN(Cc1ccccc1)C(=O)OCc1c(CC(=O)O)c(C(F)(F)F)cc(F)c1-c1ccccc1. The maximum absolute atomic E-state index is 15.1. The van der Waals surface area contributed by atoms with Gasteiger partial charge in [-0.3, -0.25) is 4.79 Å². The smallest absolute Gasteiger partial charge is 0.416 e. The zero-order chi connectivity index (χ0) is 25.6. The van der Waals surface area contributed by atoms with Crippen molar-refractivity contribution in [1.29, 1.82) is 0 Å². The molecule has 0 fully saturated rings. The van der Waals surface area contributed by atoms with E-state index in [1.165, 1.54) is 17.0 Å². The molecule has 0 heterocycles. The lowest BCUT2D eigenvalue weighted by molar-refractivity contribution is -0.139. The fourth-order valence-corrected chi connectivity index (χ4v) is 3.76. The van der Waals surface area contributed by atoms with Crippen molar-refractivity contribution < 1.29 is 37.0 Å². The highest BCUT2D eigenvalue weighted by molar-refractivity contribution is 5.77. The molecule has 9 heteroatoms. The first-order chi connectivity index (χ1) is 16.6. The Morgan fingerprint density at radius 1 is 0.971 bits per heavy atom. The number of ether oxygens (including phenoxy) is 1. The van der Waals surface area contributed by atoms with E-state index in [4.69, 9.17) is 4.74 Å². The van der Waals surface area contributed by atoms with E-state index in [9.17, 15) is 27.9 Å². The number of halogens is 4. The third kappa shape index (κ3) is 6.38. The van der Waals surface area contributed by atoms with Gasteiger partial charge in [0.1, 0.15) is 12.4 Å². The summed E-state index contributed by atoms with van der Waals surface area (Å²) in [6.07, 6.45) is -6.86. The third-order valence-corrected chi connectivity index (χ3v) is 5.39. The van der Waals surface area contributed by atoms with Crippen LogP contribution < -0.4 is 0 Å². The van der Waals surface area contributed by atoms with Crippen molar-refractivity contribution in [2.24, 2.45) is 0 Å². The van der Waals surface area contributed by atoms with E-state index >= 15 is 4.39 Å². The van der Waals surface area contributed by atoms with Gasteiger partial charge in [0.15, 0.2) is 0 Å². The Balaban J connectivity index is 2.04. The van der Waals surface area contributed by atoms with E-state index in [0.29, 0.717) is 6.07 Å². The summed E-state index contributed by atoms with van der Waals surface area (Å²) in [6, 6.07) is 17.0. The Morgan fingerprint density at radius 3 is 2.11 bits per heavy atom. The summed E-state index contributed by atoms with van der Waals surface area (Å²) in [7, 11) is 0. The molecule has 1 amide bonds. The molecule has 0 saturated heterocycles. The van der Waals surface area contributed by atoms with Crippen LogP contribution in [-0.4, -0.2) is 28.6 Å². The summed E-state index contributed by atoms with van der Waals surface area (Å²) in [5.74, 6) is -2.73. The first-order valence-corrected chi connectivity index (χ1v) is 10.8. The van der Waals surface area contributed by atoms with Gasteiger partial charge in [-0.1, -0.05) is 60.7 Å². The number of amides is 1. The summed E-state index contributed by atoms with van der Waals surface area (Å²) in [6.45, 7) is 1.41. The average Bonchev–Trinajstić information content (AvgIpc) is 2.82. The topological polar surface area (TPSA) is 66.8 Å². The van der Waals surface area contributed by atoms with E-state index in [1.54, 1.807) is 49.4 Å². The molecule has 3 aromatic rings. The highest BCUT2D eigenvalue weighted by atomic mass is 19.4. The second-order valence-electron chi connectivity index (χ2n) is 7.73. The lowest BCUT2D eigenvalue weighted by Gasteiger charge is -2.23. The number of benzene rings is 3. The molecule has 0 aromatic heterocycles. The minimum Gasteiger partial charge on any atom is -0.481 e. The molecule has 0 spiro atoms. The zero-order valence-corrected chi connectivity index (χ0v) is 18.8. The van der Waals surface area contributed by atoms with Crippen molar-refractivity contribution in [3.63, 3.8) is 0 Å². The molecule has 35 heavy (non-hydrogen) atoms. The van der Waals surface area contributed by atoms with E-state index in [-0.39, 0.29) is 29.8 Å². The van der Waals surface area contributed by atoms with Crippen molar-refractivity contribution in [2.75, 3.05) is 6.54 Å². The van der Waals surface area contributed by atoms with Gasteiger partial charge in [0.05, 0.1) is 12.0 Å². The van der Waals surface area contributed by atoms with Crippen molar-refractivity contribution in [3.05, 3.63) is 94.8 Å². The number of hydrogen-bond donors (Lipinski definition) is 1. The molecule has 0 bridgehead atoms. The molecular formula is C26H23F4NO4. The predicted octanol–water partition coefficient (Wildman–Crippen LogP) is 6.30. The Kier molecular flexibility index (Phi) is 8.11. The Morgan fingerprint density at radius 2 is 1.57 bits per heavy atom. The summed E-state index contributed by atoms with van der Waals surface area (Å²) in [4.78, 5) is 25.6. The number of carboxylic acids is 1. The highest BCUT2D eigenvalue weighted by Crippen LogP contribution is 2.40. The summed E-state index contributed by atoms with van der Waals surface area (Å²) >= 11 is 0. The van der Waals surface area contributed by atoms with Gasteiger partial charge in [0.2, 0.25) is 0 Å². The maximum atomic E-state index is 15.1. The van der Waals surface area contributed by atoms with Gasteiger partial charge in [-0.25, -0.2) is 9.18 Å². The van der Waals surface area contributed by atoms with Crippen LogP contribution in [0.2, 0.25) is 0 Å². The molecule has 3 rings (SSSR count). The number of hydrogen-bond acceptors (Lipinski definition) is 3. The van der Waals surface area contributed by atoms with Crippen molar-refractivity contribution in [2.45, 2.75) is 32.7 Å². The number of alkyl halides is 3. The fourth-order valence-electron chi connectivity index (χ4n) is 3.76. The monoisotopic (exact) mass is 489 g/mol. The van der Waals surface area contributed by atoms with Crippen LogP contribution in [0.1, 0.15) is 29.2 Å². The van der Waals surface area contributed by atoms with E-state index in [0.717, 1.165) is 5.56 Å². The predicted molar refractivity (Wildman–Crippen MR) is 121 cm³/mol. The average molecular weight is 489 g/mol. The molecule has 0 aliphatic rings. The molecule has 1 N–H and O–H groups in total. The molecule has 5 nitrogen and oxygen atoms in total. The van der Waals surface area contributed by atoms with E-state index < -0.39 is 48.2 Å². The fraction of sp³-hybridized carbons (Fsp3) is 0.231. The maximum Gasteiger partial charge on any atom is 0.416 e. The number of carboxylic acid groups (broad SMARTS) is 1.